The molecule has 5 nitrogen and oxygen atoms in total. The molecule has 1 aromatic carbocycles. The monoisotopic (exact) mass is 191 g/mol. The lowest BCUT2D eigenvalue weighted by molar-refractivity contribution is 0.249. The minimum absolute atomic E-state index is 0.168. The van der Waals surface area contributed by atoms with Gasteiger partial charge in [0.1, 0.15) is 6.61 Å². The number of aromatic nitrogens is 2. The first kappa shape index (κ1) is 8.55. The highest BCUT2D eigenvalue weighted by atomic mass is 16.6. The molecule has 72 valence electrons. The van der Waals surface area contributed by atoms with Crippen molar-refractivity contribution in [3.8, 4) is 5.88 Å². The SMILES string of the molecule is Nc1nonc1OCc1ccccc1. The normalized spacial score (nSPS) is 10.0. The van der Waals surface area contributed by atoms with Crippen LogP contribution in [0.1, 0.15) is 5.56 Å². The van der Waals surface area contributed by atoms with Crippen LogP contribution in [0.5, 0.6) is 5.88 Å². The van der Waals surface area contributed by atoms with E-state index in [-0.39, 0.29) is 11.7 Å². The van der Waals surface area contributed by atoms with Crippen molar-refractivity contribution in [2.45, 2.75) is 6.61 Å². The van der Waals surface area contributed by atoms with Crippen molar-refractivity contribution in [2.75, 3.05) is 5.73 Å². The molecule has 0 radical (unpaired) electrons. The number of hydrogen-bond acceptors (Lipinski definition) is 5. The zero-order valence-corrected chi connectivity index (χ0v) is 7.38. The van der Waals surface area contributed by atoms with Gasteiger partial charge in [-0.05, 0) is 15.9 Å². The standard InChI is InChI=1S/C9H9N3O2/c10-8-9(12-14-11-8)13-6-7-4-2-1-3-5-7/h1-5H,6H2,(H2,10,11). The predicted octanol–water partition coefficient (Wildman–Crippen LogP) is 1.23. The molecule has 5 heteroatoms. The quantitative estimate of drug-likeness (QED) is 0.789. The molecule has 2 rings (SSSR count). The van der Waals surface area contributed by atoms with Crippen molar-refractivity contribution in [3.05, 3.63) is 35.9 Å². The Hall–Kier alpha value is -2.04. The van der Waals surface area contributed by atoms with E-state index in [2.05, 4.69) is 14.9 Å². The van der Waals surface area contributed by atoms with E-state index in [1.807, 2.05) is 30.3 Å². The fourth-order valence-corrected chi connectivity index (χ4v) is 1.01. The van der Waals surface area contributed by atoms with Crippen LogP contribution in [0.4, 0.5) is 5.82 Å². The third kappa shape index (κ3) is 1.82. The number of nitrogens with two attached hydrogens (primary N) is 1. The van der Waals surface area contributed by atoms with Crippen LogP contribution in [0.25, 0.3) is 0 Å². The van der Waals surface area contributed by atoms with E-state index in [4.69, 9.17) is 10.5 Å². The molecule has 1 heterocycles. The number of rotatable bonds is 3. The summed E-state index contributed by atoms with van der Waals surface area (Å²) in [5.41, 5.74) is 6.45. The van der Waals surface area contributed by atoms with Gasteiger partial charge in [0.05, 0.1) is 0 Å². The molecule has 0 amide bonds. The first-order valence-electron chi connectivity index (χ1n) is 4.11. The number of hydrogen-bond donors (Lipinski definition) is 1. The van der Waals surface area contributed by atoms with Gasteiger partial charge in [0.15, 0.2) is 0 Å². The van der Waals surface area contributed by atoms with Gasteiger partial charge in [-0.1, -0.05) is 30.3 Å². The lowest BCUT2D eigenvalue weighted by atomic mass is 10.2. The summed E-state index contributed by atoms with van der Waals surface area (Å²) in [6.45, 7) is 0.402. The summed E-state index contributed by atoms with van der Waals surface area (Å²) < 4.78 is 9.65. The van der Waals surface area contributed by atoms with Gasteiger partial charge in [-0.25, -0.2) is 4.63 Å². The fraction of sp³-hybridized carbons (Fsp3) is 0.111. The van der Waals surface area contributed by atoms with Crippen LogP contribution in [0.2, 0.25) is 0 Å². The highest BCUT2D eigenvalue weighted by Gasteiger charge is 2.06. The van der Waals surface area contributed by atoms with Crippen LogP contribution < -0.4 is 10.5 Å². The average Bonchev–Trinajstić information content (AvgIpc) is 2.63. The Bertz CT molecular complexity index is 399. The Morgan fingerprint density at radius 1 is 1.21 bits per heavy atom. The molecule has 0 saturated carbocycles. The summed E-state index contributed by atoms with van der Waals surface area (Å²) in [6, 6.07) is 9.70. The van der Waals surface area contributed by atoms with Gasteiger partial charge in [-0.15, -0.1) is 0 Å². The van der Waals surface area contributed by atoms with Crippen LogP contribution in [0, 0.1) is 0 Å². The van der Waals surface area contributed by atoms with Crippen LogP contribution in [0.15, 0.2) is 35.0 Å². The van der Waals surface area contributed by atoms with Gasteiger partial charge < -0.3 is 10.5 Å². The zero-order chi connectivity index (χ0) is 9.80. The second-order valence-electron chi connectivity index (χ2n) is 2.73. The number of benzene rings is 1. The first-order chi connectivity index (χ1) is 6.86. The van der Waals surface area contributed by atoms with E-state index < -0.39 is 0 Å². The van der Waals surface area contributed by atoms with Crippen molar-refractivity contribution < 1.29 is 9.37 Å². The van der Waals surface area contributed by atoms with E-state index in [0.29, 0.717) is 6.61 Å². The maximum Gasteiger partial charge on any atom is 0.300 e. The third-order valence-corrected chi connectivity index (χ3v) is 1.70. The molecule has 0 saturated heterocycles. The van der Waals surface area contributed by atoms with Gasteiger partial charge in [0.2, 0.25) is 5.82 Å². The van der Waals surface area contributed by atoms with Crippen molar-refractivity contribution in [3.63, 3.8) is 0 Å². The van der Waals surface area contributed by atoms with Crippen LogP contribution in [-0.2, 0) is 6.61 Å². The molecular formula is C9H9N3O2. The van der Waals surface area contributed by atoms with Crippen molar-refractivity contribution in [1.29, 1.82) is 0 Å². The molecule has 0 aliphatic carbocycles. The van der Waals surface area contributed by atoms with Crippen LogP contribution >= 0.6 is 0 Å². The molecule has 0 atom stereocenters. The minimum Gasteiger partial charge on any atom is -0.468 e. The summed E-state index contributed by atoms with van der Waals surface area (Å²) in [6.07, 6.45) is 0. The van der Waals surface area contributed by atoms with Crippen LogP contribution in [-0.4, -0.2) is 10.3 Å². The van der Waals surface area contributed by atoms with Crippen LogP contribution in [0.3, 0.4) is 0 Å². The van der Waals surface area contributed by atoms with Gasteiger partial charge >= 0.3 is 5.88 Å². The van der Waals surface area contributed by atoms with Gasteiger partial charge in [-0.3, -0.25) is 0 Å². The molecular weight excluding hydrogens is 182 g/mol. The number of anilines is 1. The molecule has 0 unspecified atom stereocenters. The summed E-state index contributed by atoms with van der Waals surface area (Å²) in [5.74, 6) is 0.398. The molecule has 0 fully saturated rings. The Balaban J connectivity index is 1.99. The molecule has 14 heavy (non-hydrogen) atoms. The maximum absolute atomic E-state index is 5.41. The summed E-state index contributed by atoms with van der Waals surface area (Å²) in [5, 5.41) is 6.89. The Morgan fingerprint density at radius 3 is 2.64 bits per heavy atom. The molecule has 0 aliphatic heterocycles. The Kier molecular flexibility index (Phi) is 2.31. The maximum atomic E-state index is 5.41. The molecule has 0 spiro atoms. The van der Waals surface area contributed by atoms with Gasteiger partial charge in [0, 0.05) is 0 Å². The second kappa shape index (κ2) is 3.78. The topological polar surface area (TPSA) is 74.2 Å². The van der Waals surface area contributed by atoms with Crippen molar-refractivity contribution >= 4 is 5.82 Å². The minimum atomic E-state index is 0.168. The smallest absolute Gasteiger partial charge is 0.300 e. The Morgan fingerprint density at radius 2 is 2.00 bits per heavy atom. The predicted molar refractivity (Wildman–Crippen MR) is 49.5 cm³/mol. The van der Waals surface area contributed by atoms with Gasteiger partial charge in [0.25, 0.3) is 0 Å². The van der Waals surface area contributed by atoms with E-state index >= 15 is 0 Å². The largest absolute Gasteiger partial charge is 0.468 e. The van der Waals surface area contributed by atoms with E-state index in [9.17, 15) is 0 Å². The third-order valence-electron chi connectivity index (χ3n) is 1.70. The number of nitrogens with zero attached hydrogens (tertiary/aromatic N) is 2. The lowest BCUT2D eigenvalue weighted by Gasteiger charge is -2.01. The highest BCUT2D eigenvalue weighted by molar-refractivity contribution is 5.37. The van der Waals surface area contributed by atoms with Crippen molar-refractivity contribution in [2.24, 2.45) is 0 Å². The van der Waals surface area contributed by atoms with E-state index in [1.54, 1.807) is 0 Å². The molecule has 2 aromatic rings. The highest BCUT2D eigenvalue weighted by Crippen LogP contribution is 2.15. The molecule has 2 N–H and O–H groups in total. The molecule has 1 aromatic heterocycles. The zero-order valence-electron chi connectivity index (χ0n) is 7.38. The van der Waals surface area contributed by atoms with E-state index in [1.165, 1.54) is 0 Å². The van der Waals surface area contributed by atoms with Crippen molar-refractivity contribution in [1.82, 2.24) is 10.3 Å². The summed E-state index contributed by atoms with van der Waals surface area (Å²) >= 11 is 0. The average molecular weight is 191 g/mol. The summed E-state index contributed by atoms with van der Waals surface area (Å²) in [7, 11) is 0. The molecule has 0 bridgehead atoms. The second-order valence-corrected chi connectivity index (χ2v) is 2.73. The van der Waals surface area contributed by atoms with Gasteiger partial charge in [-0.2, -0.15) is 0 Å². The first-order valence-corrected chi connectivity index (χ1v) is 4.11. The number of ether oxygens (including phenoxy) is 1. The fourth-order valence-electron chi connectivity index (χ4n) is 1.01. The lowest BCUT2D eigenvalue weighted by Crippen LogP contribution is -1.97. The summed E-state index contributed by atoms with van der Waals surface area (Å²) in [4.78, 5) is 0. The van der Waals surface area contributed by atoms with E-state index in [0.717, 1.165) is 5.56 Å². The molecule has 0 aliphatic rings. The number of nitrogen functional groups attached to an aromatic ring is 1. The Labute approximate surface area is 80.4 Å².